The molecule has 1 aliphatic rings. The summed E-state index contributed by atoms with van der Waals surface area (Å²) in [4.78, 5) is 27.3. The number of aryl methyl sites for hydroxylation is 1. The monoisotopic (exact) mass is 492 g/mol. The van der Waals surface area contributed by atoms with Crippen molar-refractivity contribution < 1.29 is 18.0 Å². The molecule has 35 heavy (non-hydrogen) atoms. The summed E-state index contributed by atoms with van der Waals surface area (Å²) in [5.74, 6) is -0.372. The zero-order chi connectivity index (χ0) is 25.0. The summed E-state index contributed by atoms with van der Waals surface area (Å²) < 4.78 is 27.0. The maximum atomic E-state index is 12.9. The Morgan fingerprint density at radius 1 is 0.829 bits per heavy atom. The Balaban J connectivity index is 1.46. The predicted octanol–water partition coefficient (Wildman–Crippen LogP) is 4.70. The van der Waals surface area contributed by atoms with Gasteiger partial charge in [0.05, 0.1) is 22.0 Å². The maximum Gasteiger partial charge on any atom is 0.321 e. The van der Waals surface area contributed by atoms with E-state index in [1.54, 1.807) is 77.7 Å². The summed E-state index contributed by atoms with van der Waals surface area (Å²) in [6, 6.07) is 19.8. The number of benzene rings is 3. The fraction of sp³-hybridized carbons (Fsp3) is 0.231. The first-order chi connectivity index (χ1) is 16.8. The lowest BCUT2D eigenvalue weighted by Crippen LogP contribution is -2.32. The number of nitrogens with zero attached hydrogens (tertiary/aromatic N) is 2. The van der Waals surface area contributed by atoms with Crippen LogP contribution >= 0.6 is 0 Å². The van der Waals surface area contributed by atoms with Crippen LogP contribution in [-0.4, -0.2) is 45.4 Å². The van der Waals surface area contributed by atoms with Gasteiger partial charge in [-0.2, -0.15) is 0 Å². The summed E-state index contributed by atoms with van der Waals surface area (Å²) in [5, 5.41) is 5.70. The van der Waals surface area contributed by atoms with Crippen LogP contribution in [0.1, 0.15) is 28.8 Å². The van der Waals surface area contributed by atoms with Gasteiger partial charge in [-0.3, -0.25) is 9.10 Å². The second-order valence-corrected chi connectivity index (χ2v) is 10.4. The first-order valence-corrected chi connectivity index (χ1v) is 12.8. The SMILES string of the molecule is Cc1ccc(S(=O)(=O)N(C)c2ccc(C(=O)Nc3ccccc3NC(=O)N3CCCC3)cc2)cc1. The third-order valence-electron chi connectivity index (χ3n) is 5.98. The molecule has 0 radical (unpaired) electrons. The molecule has 1 saturated heterocycles. The highest BCUT2D eigenvalue weighted by Crippen LogP contribution is 2.25. The van der Waals surface area contributed by atoms with Gasteiger partial charge in [0.25, 0.3) is 15.9 Å². The number of carbonyl (C=O) groups excluding carboxylic acids is 2. The van der Waals surface area contributed by atoms with Crippen LogP contribution in [0.2, 0.25) is 0 Å². The molecular weight excluding hydrogens is 464 g/mol. The van der Waals surface area contributed by atoms with E-state index in [0.29, 0.717) is 22.6 Å². The number of urea groups is 1. The average molecular weight is 493 g/mol. The molecule has 0 aliphatic carbocycles. The molecular formula is C26H28N4O4S. The molecule has 0 atom stereocenters. The van der Waals surface area contributed by atoms with Gasteiger partial charge in [-0.1, -0.05) is 29.8 Å². The van der Waals surface area contributed by atoms with Gasteiger partial charge in [-0.25, -0.2) is 13.2 Å². The lowest BCUT2D eigenvalue weighted by Gasteiger charge is -2.20. The summed E-state index contributed by atoms with van der Waals surface area (Å²) in [6.07, 6.45) is 1.98. The van der Waals surface area contributed by atoms with Crippen molar-refractivity contribution in [1.29, 1.82) is 0 Å². The number of anilines is 3. The third kappa shape index (κ3) is 5.46. The van der Waals surface area contributed by atoms with Crippen molar-refractivity contribution in [1.82, 2.24) is 4.90 Å². The van der Waals surface area contributed by atoms with Crippen LogP contribution in [0.15, 0.2) is 77.7 Å². The molecule has 182 valence electrons. The molecule has 1 heterocycles. The minimum absolute atomic E-state index is 0.189. The van der Waals surface area contributed by atoms with Crippen LogP contribution in [0.25, 0.3) is 0 Å². The van der Waals surface area contributed by atoms with E-state index in [9.17, 15) is 18.0 Å². The van der Waals surface area contributed by atoms with E-state index in [1.807, 2.05) is 6.92 Å². The quantitative estimate of drug-likeness (QED) is 0.521. The zero-order valence-electron chi connectivity index (χ0n) is 19.7. The summed E-state index contributed by atoms with van der Waals surface area (Å²) >= 11 is 0. The highest BCUT2D eigenvalue weighted by Gasteiger charge is 2.22. The second-order valence-electron chi connectivity index (χ2n) is 8.46. The zero-order valence-corrected chi connectivity index (χ0v) is 20.5. The Morgan fingerprint density at radius 3 is 2.00 bits per heavy atom. The van der Waals surface area contributed by atoms with Crippen molar-refractivity contribution in [3.05, 3.63) is 83.9 Å². The molecule has 3 aromatic carbocycles. The van der Waals surface area contributed by atoms with Crippen molar-refractivity contribution in [2.45, 2.75) is 24.7 Å². The summed E-state index contributed by atoms with van der Waals surface area (Å²) in [5.41, 5.74) is 2.75. The molecule has 1 fully saturated rings. The Labute approximate surface area is 205 Å². The smallest absolute Gasteiger partial charge is 0.321 e. The van der Waals surface area contributed by atoms with Crippen LogP contribution in [0.4, 0.5) is 21.9 Å². The van der Waals surface area contributed by atoms with Gasteiger partial charge in [-0.15, -0.1) is 0 Å². The standard InChI is InChI=1S/C26H28N4O4S/c1-19-9-15-22(16-10-19)35(33,34)29(2)21-13-11-20(12-14-21)25(31)27-23-7-3-4-8-24(23)28-26(32)30-17-5-6-18-30/h3-4,7-16H,5-6,17-18H2,1-2H3,(H,27,31)(H,28,32). The van der Waals surface area contributed by atoms with Crippen molar-refractivity contribution in [2.75, 3.05) is 35.1 Å². The van der Waals surface area contributed by atoms with Crippen LogP contribution in [0, 0.1) is 6.92 Å². The van der Waals surface area contributed by atoms with E-state index in [1.165, 1.54) is 11.4 Å². The third-order valence-corrected chi connectivity index (χ3v) is 7.78. The summed E-state index contributed by atoms with van der Waals surface area (Å²) in [7, 11) is -2.25. The number of hydrogen-bond donors (Lipinski definition) is 2. The molecule has 4 rings (SSSR count). The van der Waals surface area contributed by atoms with E-state index in [0.717, 1.165) is 31.5 Å². The van der Waals surface area contributed by atoms with E-state index in [-0.39, 0.29) is 16.8 Å². The van der Waals surface area contributed by atoms with Crippen molar-refractivity contribution in [2.24, 2.45) is 0 Å². The summed E-state index contributed by atoms with van der Waals surface area (Å²) in [6.45, 7) is 3.34. The number of likely N-dealkylation sites (tertiary alicyclic amines) is 1. The van der Waals surface area contributed by atoms with Crippen molar-refractivity contribution in [3.63, 3.8) is 0 Å². The van der Waals surface area contributed by atoms with Crippen LogP contribution in [0.3, 0.4) is 0 Å². The second kappa shape index (κ2) is 10.2. The topological polar surface area (TPSA) is 98.8 Å². The number of nitrogens with one attached hydrogen (secondary N) is 2. The Bertz CT molecular complexity index is 1320. The number of para-hydroxylation sites is 2. The lowest BCUT2D eigenvalue weighted by atomic mass is 10.2. The molecule has 8 nitrogen and oxygen atoms in total. The number of sulfonamides is 1. The molecule has 0 bridgehead atoms. The maximum absolute atomic E-state index is 12.9. The van der Waals surface area contributed by atoms with E-state index >= 15 is 0 Å². The van der Waals surface area contributed by atoms with E-state index in [4.69, 9.17) is 0 Å². The normalized spacial score (nSPS) is 13.4. The molecule has 3 aromatic rings. The molecule has 9 heteroatoms. The average Bonchev–Trinajstić information content (AvgIpc) is 3.40. The highest BCUT2D eigenvalue weighted by molar-refractivity contribution is 7.92. The molecule has 0 spiro atoms. The van der Waals surface area contributed by atoms with E-state index < -0.39 is 10.0 Å². The number of hydrogen-bond acceptors (Lipinski definition) is 4. The Morgan fingerprint density at radius 2 is 1.40 bits per heavy atom. The molecule has 0 aromatic heterocycles. The van der Waals surface area contributed by atoms with Gasteiger partial charge < -0.3 is 15.5 Å². The molecule has 3 amide bonds. The molecule has 0 unspecified atom stereocenters. The van der Waals surface area contributed by atoms with Crippen LogP contribution < -0.4 is 14.9 Å². The first kappa shape index (κ1) is 24.3. The molecule has 0 saturated carbocycles. The van der Waals surface area contributed by atoms with Gasteiger partial charge in [0.15, 0.2) is 0 Å². The van der Waals surface area contributed by atoms with Crippen LogP contribution in [-0.2, 0) is 10.0 Å². The number of carbonyl (C=O) groups is 2. The van der Waals surface area contributed by atoms with Gasteiger partial charge in [0, 0.05) is 25.7 Å². The fourth-order valence-electron chi connectivity index (χ4n) is 3.84. The predicted molar refractivity (Wildman–Crippen MR) is 137 cm³/mol. The highest BCUT2D eigenvalue weighted by atomic mass is 32.2. The fourth-order valence-corrected chi connectivity index (χ4v) is 5.04. The minimum Gasteiger partial charge on any atom is -0.325 e. The number of amides is 3. The van der Waals surface area contributed by atoms with E-state index in [2.05, 4.69) is 10.6 Å². The number of rotatable bonds is 6. The molecule has 2 N–H and O–H groups in total. The lowest BCUT2D eigenvalue weighted by molar-refractivity contribution is 0.102. The Hall–Kier alpha value is -3.85. The van der Waals surface area contributed by atoms with Gasteiger partial charge >= 0.3 is 6.03 Å². The first-order valence-electron chi connectivity index (χ1n) is 11.4. The van der Waals surface area contributed by atoms with Gasteiger partial charge in [-0.05, 0) is 68.3 Å². The van der Waals surface area contributed by atoms with Gasteiger partial charge in [0.1, 0.15) is 0 Å². The largest absolute Gasteiger partial charge is 0.325 e. The Kier molecular flexibility index (Phi) is 7.07. The van der Waals surface area contributed by atoms with Gasteiger partial charge in [0.2, 0.25) is 0 Å². The van der Waals surface area contributed by atoms with Crippen molar-refractivity contribution >= 4 is 39.0 Å². The molecule has 1 aliphatic heterocycles. The minimum atomic E-state index is -3.73. The van der Waals surface area contributed by atoms with Crippen molar-refractivity contribution in [3.8, 4) is 0 Å². The van der Waals surface area contributed by atoms with Crippen LogP contribution in [0.5, 0.6) is 0 Å².